The number of hydrogen-bond donors (Lipinski definition) is 2. The number of aromatic amines is 1. The first-order chi connectivity index (χ1) is 12.7. The molecule has 0 aliphatic heterocycles. The molecule has 5 heteroatoms. The molecule has 0 aliphatic carbocycles. The fourth-order valence-electron chi connectivity index (χ4n) is 2.95. The number of anilines is 1. The maximum absolute atomic E-state index is 4.85. The molecule has 5 nitrogen and oxygen atoms in total. The Kier molecular flexibility index (Phi) is 4.35. The first-order valence-electron chi connectivity index (χ1n) is 8.80. The van der Waals surface area contributed by atoms with Gasteiger partial charge in [-0.15, -0.1) is 0 Å². The summed E-state index contributed by atoms with van der Waals surface area (Å²) in [4.78, 5) is 17.1. The zero-order chi connectivity index (χ0) is 17.9. The van der Waals surface area contributed by atoms with Crippen molar-refractivity contribution in [1.82, 2.24) is 19.9 Å². The van der Waals surface area contributed by atoms with Crippen molar-refractivity contribution in [2.24, 2.45) is 0 Å². The van der Waals surface area contributed by atoms with Crippen LogP contribution in [0.5, 0.6) is 0 Å². The SMILES string of the molecule is CC(C)c1cccc(-c2cc(NCc3ccccn3)nc3[nH]ccc23)n1. The van der Waals surface area contributed by atoms with Gasteiger partial charge >= 0.3 is 0 Å². The molecular formula is C21H21N5. The third-order valence-electron chi connectivity index (χ3n) is 4.34. The van der Waals surface area contributed by atoms with Gasteiger partial charge in [-0.1, -0.05) is 26.0 Å². The molecule has 130 valence electrons. The molecule has 4 aromatic rings. The van der Waals surface area contributed by atoms with E-state index in [4.69, 9.17) is 4.98 Å². The molecule has 0 bridgehead atoms. The van der Waals surface area contributed by atoms with Crippen LogP contribution in [0.2, 0.25) is 0 Å². The molecule has 0 amide bonds. The van der Waals surface area contributed by atoms with Gasteiger partial charge in [0.2, 0.25) is 0 Å². The monoisotopic (exact) mass is 343 g/mol. The van der Waals surface area contributed by atoms with Gasteiger partial charge in [-0.05, 0) is 42.3 Å². The normalized spacial score (nSPS) is 11.2. The van der Waals surface area contributed by atoms with Gasteiger partial charge in [0, 0.05) is 29.0 Å². The Hall–Kier alpha value is -3.21. The minimum Gasteiger partial charge on any atom is -0.364 e. The van der Waals surface area contributed by atoms with Crippen molar-refractivity contribution in [2.45, 2.75) is 26.3 Å². The second-order valence-electron chi connectivity index (χ2n) is 6.57. The molecule has 0 spiro atoms. The van der Waals surface area contributed by atoms with Crippen molar-refractivity contribution < 1.29 is 0 Å². The van der Waals surface area contributed by atoms with Crippen molar-refractivity contribution in [3.05, 3.63) is 72.3 Å². The zero-order valence-electron chi connectivity index (χ0n) is 14.9. The lowest BCUT2D eigenvalue weighted by molar-refractivity contribution is 0.825. The van der Waals surface area contributed by atoms with Crippen LogP contribution in [0.15, 0.2) is 60.9 Å². The van der Waals surface area contributed by atoms with E-state index in [0.717, 1.165) is 39.5 Å². The quantitative estimate of drug-likeness (QED) is 0.548. The molecule has 26 heavy (non-hydrogen) atoms. The summed E-state index contributed by atoms with van der Waals surface area (Å²) in [5, 5.41) is 4.44. The summed E-state index contributed by atoms with van der Waals surface area (Å²) in [5.41, 5.74) is 4.95. The molecule has 0 unspecified atom stereocenters. The Morgan fingerprint density at radius 3 is 2.77 bits per heavy atom. The van der Waals surface area contributed by atoms with Crippen molar-refractivity contribution in [3.63, 3.8) is 0 Å². The number of fused-ring (bicyclic) bond motifs is 1. The van der Waals surface area contributed by atoms with Gasteiger partial charge in [-0.2, -0.15) is 0 Å². The minimum absolute atomic E-state index is 0.389. The van der Waals surface area contributed by atoms with Gasteiger partial charge in [0.1, 0.15) is 11.5 Å². The van der Waals surface area contributed by atoms with Crippen molar-refractivity contribution >= 4 is 16.9 Å². The molecule has 4 rings (SSSR count). The molecule has 0 saturated carbocycles. The minimum atomic E-state index is 0.389. The molecule has 0 atom stereocenters. The van der Waals surface area contributed by atoms with Gasteiger partial charge < -0.3 is 10.3 Å². The third kappa shape index (κ3) is 3.28. The van der Waals surface area contributed by atoms with E-state index in [1.54, 1.807) is 6.20 Å². The van der Waals surface area contributed by atoms with Gasteiger partial charge in [0.05, 0.1) is 17.9 Å². The Balaban J connectivity index is 1.72. The van der Waals surface area contributed by atoms with E-state index in [1.165, 1.54) is 0 Å². The summed E-state index contributed by atoms with van der Waals surface area (Å²) in [5.74, 6) is 1.19. The molecule has 4 heterocycles. The second-order valence-corrected chi connectivity index (χ2v) is 6.57. The molecular weight excluding hydrogens is 322 g/mol. The highest BCUT2D eigenvalue weighted by Crippen LogP contribution is 2.29. The number of hydrogen-bond acceptors (Lipinski definition) is 4. The first kappa shape index (κ1) is 16.3. The number of nitrogens with zero attached hydrogens (tertiary/aromatic N) is 3. The lowest BCUT2D eigenvalue weighted by Gasteiger charge is -2.11. The Morgan fingerprint density at radius 2 is 1.96 bits per heavy atom. The number of nitrogens with one attached hydrogen (secondary N) is 2. The Bertz CT molecular complexity index is 1020. The maximum Gasteiger partial charge on any atom is 0.140 e. The summed E-state index contributed by atoms with van der Waals surface area (Å²) in [6.45, 7) is 4.94. The van der Waals surface area contributed by atoms with E-state index in [1.807, 2.05) is 30.5 Å². The number of H-pyrrole nitrogens is 1. The van der Waals surface area contributed by atoms with Crippen LogP contribution in [0.1, 0.15) is 31.2 Å². The van der Waals surface area contributed by atoms with Crippen LogP contribution in [0.3, 0.4) is 0 Å². The van der Waals surface area contributed by atoms with Crippen LogP contribution in [-0.4, -0.2) is 19.9 Å². The molecule has 0 saturated heterocycles. The predicted molar refractivity (Wildman–Crippen MR) is 105 cm³/mol. The van der Waals surface area contributed by atoms with Gasteiger partial charge in [-0.25, -0.2) is 4.98 Å². The standard InChI is InChI=1S/C21H21N5/c1-14(2)18-7-5-8-19(25-18)17-12-20(26-21-16(17)9-11-23-21)24-13-15-6-3-4-10-22-15/h3-12,14H,13H2,1-2H3,(H2,23,24,26). The van der Waals surface area contributed by atoms with Gasteiger partial charge in [0.15, 0.2) is 0 Å². The molecule has 0 aromatic carbocycles. The van der Waals surface area contributed by atoms with Crippen molar-refractivity contribution in [2.75, 3.05) is 5.32 Å². The maximum atomic E-state index is 4.85. The number of aromatic nitrogens is 4. The Labute approximate surface area is 152 Å². The fourth-order valence-corrected chi connectivity index (χ4v) is 2.95. The molecule has 0 fully saturated rings. The van der Waals surface area contributed by atoms with E-state index in [9.17, 15) is 0 Å². The largest absolute Gasteiger partial charge is 0.364 e. The average molecular weight is 343 g/mol. The fraction of sp³-hybridized carbons (Fsp3) is 0.190. The summed E-state index contributed by atoms with van der Waals surface area (Å²) in [6, 6.07) is 16.2. The highest BCUT2D eigenvalue weighted by Gasteiger charge is 2.11. The molecule has 4 aromatic heterocycles. The first-order valence-corrected chi connectivity index (χ1v) is 8.80. The van der Waals surface area contributed by atoms with Crippen molar-refractivity contribution in [1.29, 1.82) is 0 Å². The van der Waals surface area contributed by atoms with E-state index in [0.29, 0.717) is 12.5 Å². The summed E-state index contributed by atoms with van der Waals surface area (Å²) >= 11 is 0. The summed E-state index contributed by atoms with van der Waals surface area (Å²) < 4.78 is 0. The van der Waals surface area contributed by atoms with Gasteiger partial charge in [0.25, 0.3) is 0 Å². The molecule has 0 aliphatic rings. The van der Waals surface area contributed by atoms with Crippen LogP contribution < -0.4 is 5.32 Å². The van der Waals surface area contributed by atoms with Crippen LogP contribution in [0.25, 0.3) is 22.3 Å². The highest BCUT2D eigenvalue weighted by molar-refractivity contribution is 5.93. The summed E-state index contributed by atoms with van der Waals surface area (Å²) in [6.07, 6.45) is 3.71. The van der Waals surface area contributed by atoms with Crippen molar-refractivity contribution in [3.8, 4) is 11.3 Å². The van der Waals surface area contributed by atoms with Gasteiger partial charge in [-0.3, -0.25) is 9.97 Å². The summed E-state index contributed by atoms with van der Waals surface area (Å²) in [7, 11) is 0. The number of rotatable bonds is 5. The second kappa shape index (κ2) is 6.96. The zero-order valence-corrected chi connectivity index (χ0v) is 14.9. The van der Waals surface area contributed by atoms with E-state index >= 15 is 0 Å². The topological polar surface area (TPSA) is 66.5 Å². The van der Waals surface area contributed by atoms with Crippen LogP contribution in [0, 0.1) is 0 Å². The van der Waals surface area contributed by atoms with E-state index in [-0.39, 0.29) is 0 Å². The number of pyridine rings is 3. The smallest absolute Gasteiger partial charge is 0.140 e. The van der Waals surface area contributed by atoms with Crippen LogP contribution >= 0.6 is 0 Å². The predicted octanol–water partition coefficient (Wildman–Crippen LogP) is 4.76. The molecule has 0 radical (unpaired) electrons. The third-order valence-corrected chi connectivity index (χ3v) is 4.34. The lowest BCUT2D eigenvalue weighted by atomic mass is 10.1. The molecule has 2 N–H and O–H groups in total. The lowest BCUT2D eigenvalue weighted by Crippen LogP contribution is -2.03. The highest BCUT2D eigenvalue weighted by atomic mass is 15.0. The average Bonchev–Trinajstić information content (AvgIpc) is 3.15. The van der Waals surface area contributed by atoms with Crippen LogP contribution in [-0.2, 0) is 6.54 Å². The van der Waals surface area contributed by atoms with E-state index < -0.39 is 0 Å². The Morgan fingerprint density at radius 1 is 1.04 bits per heavy atom. The van der Waals surface area contributed by atoms with E-state index in [2.05, 4.69) is 58.4 Å². The van der Waals surface area contributed by atoms with Crippen LogP contribution in [0.4, 0.5) is 5.82 Å².